The minimum Gasteiger partial charge on any atom is -0.496 e. The van der Waals surface area contributed by atoms with Crippen molar-refractivity contribution in [3.63, 3.8) is 0 Å². The second-order valence-electron chi connectivity index (χ2n) is 4.36. The average molecular weight is 319 g/mol. The summed E-state index contributed by atoms with van der Waals surface area (Å²) >= 11 is 0. The lowest BCUT2D eigenvalue weighted by Gasteiger charge is -2.07. The minimum absolute atomic E-state index is 0.0965. The van der Waals surface area contributed by atoms with E-state index in [0.29, 0.717) is 11.5 Å². The van der Waals surface area contributed by atoms with E-state index in [-0.39, 0.29) is 12.2 Å². The first-order valence-corrected chi connectivity index (χ1v) is 7.74. The molecule has 0 fully saturated rings. The zero-order valence-electron chi connectivity index (χ0n) is 12.3. The van der Waals surface area contributed by atoms with Crippen molar-refractivity contribution >= 4 is 13.6 Å². The van der Waals surface area contributed by atoms with Gasteiger partial charge >= 0.3 is 13.6 Å². The molecule has 0 spiro atoms. The number of carbonyl (C=O) groups is 1. The first kappa shape index (κ1) is 16.1. The van der Waals surface area contributed by atoms with E-state index < -0.39 is 13.6 Å². The lowest BCUT2D eigenvalue weighted by molar-refractivity contribution is 0.105. The van der Waals surface area contributed by atoms with Crippen LogP contribution in [0.3, 0.4) is 0 Å². The molecule has 0 saturated carbocycles. The van der Waals surface area contributed by atoms with E-state index in [1.54, 1.807) is 18.2 Å². The first-order chi connectivity index (χ1) is 10.7. The van der Waals surface area contributed by atoms with Crippen LogP contribution in [0.1, 0.15) is 15.9 Å². The van der Waals surface area contributed by atoms with E-state index in [2.05, 4.69) is 0 Å². The predicted molar refractivity (Wildman–Crippen MR) is 82.7 cm³/mol. The van der Waals surface area contributed by atoms with E-state index in [0.717, 1.165) is 5.56 Å². The van der Waals surface area contributed by atoms with E-state index in [1.165, 1.54) is 14.2 Å². The minimum atomic E-state index is -2.53. The number of benzene rings is 2. The van der Waals surface area contributed by atoms with Crippen LogP contribution >= 0.6 is 8.03 Å². The van der Waals surface area contributed by atoms with E-state index in [4.69, 9.17) is 14.0 Å². The van der Waals surface area contributed by atoms with Gasteiger partial charge in [-0.3, -0.25) is 0 Å². The van der Waals surface area contributed by atoms with Gasteiger partial charge in [0.1, 0.15) is 18.1 Å². The highest BCUT2D eigenvalue weighted by atomic mass is 31.1. The van der Waals surface area contributed by atoms with Gasteiger partial charge in [0.05, 0.1) is 14.2 Å². The number of ether oxygens (including phenoxy) is 2. The smallest absolute Gasteiger partial charge is 0.496 e. The third-order valence-electron chi connectivity index (χ3n) is 3.00. The molecule has 0 heterocycles. The van der Waals surface area contributed by atoms with Crippen LogP contribution in [0.4, 0.5) is 0 Å². The van der Waals surface area contributed by atoms with Crippen molar-refractivity contribution in [2.24, 2.45) is 0 Å². The molecule has 0 aliphatic rings. The molecule has 0 bridgehead atoms. The zero-order chi connectivity index (χ0) is 15.9. The second kappa shape index (κ2) is 7.69. The Labute approximate surface area is 129 Å². The largest absolute Gasteiger partial charge is 0.593 e. The Kier molecular flexibility index (Phi) is 5.64. The molecular formula is C16H16O5P+. The Morgan fingerprint density at radius 2 is 1.55 bits per heavy atom. The highest BCUT2D eigenvalue weighted by Crippen LogP contribution is 2.38. The highest BCUT2D eigenvalue weighted by molar-refractivity contribution is 7.60. The Hall–Kier alpha value is -2.23. The predicted octanol–water partition coefficient (Wildman–Crippen LogP) is 3.80. The molecule has 0 amide bonds. The fourth-order valence-corrected chi connectivity index (χ4v) is 2.71. The fourth-order valence-electron chi connectivity index (χ4n) is 1.92. The maximum atomic E-state index is 12.4. The van der Waals surface area contributed by atoms with E-state index in [1.807, 2.05) is 30.3 Å². The summed E-state index contributed by atoms with van der Waals surface area (Å²) in [5.41, 5.74) is 0.313. The van der Waals surface area contributed by atoms with Gasteiger partial charge in [0.2, 0.25) is 0 Å². The average Bonchev–Trinajstić information content (AvgIpc) is 2.59. The van der Waals surface area contributed by atoms with Crippen LogP contribution in [-0.4, -0.2) is 19.7 Å². The summed E-state index contributed by atoms with van der Waals surface area (Å²) in [5, 5.41) is 0. The van der Waals surface area contributed by atoms with Crippen LogP contribution in [0.25, 0.3) is 0 Å². The summed E-state index contributed by atoms with van der Waals surface area (Å²) < 4.78 is 27.6. The quantitative estimate of drug-likeness (QED) is 0.726. The third kappa shape index (κ3) is 3.70. The number of methoxy groups -OCH3 is 2. The third-order valence-corrected chi connectivity index (χ3v) is 3.92. The Morgan fingerprint density at radius 1 is 0.955 bits per heavy atom. The molecule has 0 aliphatic heterocycles. The van der Waals surface area contributed by atoms with Gasteiger partial charge in [0, 0.05) is 0 Å². The Balaban J connectivity index is 2.15. The topological polar surface area (TPSA) is 61.8 Å². The molecule has 0 radical (unpaired) electrons. The molecule has 2 aromatic carbocycles. The van der Waals surface area contributed by atoms with Crippen molar-refractivity contribution in [2.75, 3.05) is 14.2 Å². The summed E-state index contributed by atoms with van der Waals surface area (Å²) in [6, 6.07) is 14.1. The van der Waals surface area contributed by atoms with E-state index in [9.17, 15) is 9.36 Å². The zero-order valence-corrected chi connectivity index (χ0v) is 13.2. The lowest BCUT2D eigenvalue weighted by atomic mass is 10.2. The van der Waals surface area contributed by atoms with Gasteiger partial charge in [-0.15, -0.1) is 4.52 Å². The molecule has 2 aromatic rings. The Bertz CT molecular complexity index is 647. The van der Waals surface area contributed by atoms with Crippen molar-refractivity contribution in [1.29, 1.82) is 0 Å². The van der Waals surface area contributed by atoms with E-state index >= 15 is 0 Å². The highest BCUT2D eigenvalue weighted by Gasteiger charge is 2.37. The van der Waals surface area contributed by atoms with Crippen LogP contribution in [0.5, 0.6) is 11.5 Å². The van der Waals surface area contributed by atoms with Crippen LogP contribution in [0, 0.1) is 0 Å². The summed E-state index contributed by atoms with van der Waals surface area (Å²) in [4.78, 5) is 12.4. The SMILES string of the molecule is COc1cccc(OC)c1C(=O)[P+](=O)OCc1ccccc1. The van der Waals surface area contributed by atoms with Gasteiger partial charge < -0.3 is 9.47 Å². The maximum absolute atomic E-state index is 12.4. The summed E-state index contributed by atoms with van der Waals surface area (Å²) in [5.74, 6) is 0.604. The van der Waals surface area contributed by atoms with Gasteiger partial charge in [0.25, 0.3) is 0 Å². The van der Waals surface area contributed by atoms with Crippen molar-refractivity contribution < 1.29 is 23.4 Å². The lowest BCUT2D eigenvalue weighted by Crippen LogP contribution is -2.03. The molecule has 6 heteroatoms. The summed E-state index contributed by atoms with van der Waals surface area (Å²) in [6.07, 6.45) is 0. The molecule has 0 aliphatic carbocycles. The number of hydrogen-bond acceptors (Lipinski definition) is 5. The maximum Gasteiger partial charge on any atom is 0.593 e. The molecule has 1 unspecified atom stereocenters. The van der Waals surface area contributed by atoms with Crippen molar-refractivity contribution in [3.8, 4) is 11.5 Å². The fraction of sp³-hybridized carbons (Fsp3) is 0.188. The monoisotopic (exact) mass is 319 g/mol. The molecule has 5 nitrogen and oxygen atoms in total. The molecule has 0 saturated heterocycles. The van der Waals surface area contributed by atoms with Gasteiger partial charge in [0.15, 0.2) is 5.56 Å². The van der Waals surface area contributed by atoms with Crippen LogP contribution in [-0.2, 0) is 15.7 Å². The number of carbonyl (C=O) groups excluding carboxylic acids is 1. The standard InChI is InChI=1S/C16H16O5P/c1-19-13-9-6-10-14(20-2)15(13)16(17)22(18)21-11-12-7-4-3-5-8-12/h3-10H,11H2,1-2H3/q+1. The second-order valence-corrected chi connectivity index (χ2v) is 5.54. The van der Waals surface area contributed by atoms with Gasteiger partial charge in [-0.05, 0) is 22.3 Å². The van der Waals surface area contributed by atoms with Crippen molar-refractivity contribution in [2.45, 2.75) is 6.61 Å². The molecule has 0 aromatic heterocycles. The summed E-state index contributed by atoms with van der Waals surface area (Å²) in [7, 11) is 0.333. The molecule has 114 valence electrons. The van der Waals surface area contributed by atoms with Gasteiger partial charge in [-0.25, -0.2) is 4.79 Å². The van der Waals surface area contributed by atoms with Crippen molar-refractivity contribution in [1.82, 2.24) is 0 Å². The van der Waals surface area contributed by atoms with Gasteiger partial charge in [-0.1, -0.05) is 36.4 Å². The first-order valence-electron chi connectivity index (χ1n) is 6.56. The van der Waals surface area contributed by atoms with Crippen LogP contribution < -0.4 is 9.47 Å². The van der Waals surface area contributed by atoms with Gasteiger partial charge in [-0.2, -0.15) is 0 Å². The summed E-state index contributed by atoms with van der Waals surface area (Å²) in [6.45, 7) is 0.0965. The molecular weight excluding hydrogens is 303 g/mol. The Morgan fingerprint density at radius 3 is 2.09 bits per heavy atom. The molecule has 1 atom stereocenters. The van der Waals surface area contributed by atoms with Crippen molar-refractivity contribution in [3.05, 3.63) is 59.7 Å². The number of rotatable bonds is 7. The normalized spacial score (nSPS) is 10.9. The number of hydrogen-bond donors (Lipinski definition) is 0. The molecule has 0 N–H and O–H groups in total. The molecule has 2 rings (SSSR count). The van der Waals surface area contributed by atoms with Crippen LogP contribution in [0.15, 0.2) is 48.5 Å². The van der Waals surface area contributed by atoms with Crippen LogP contribution in [0.2, 0.25) is 0 Å². The molecule has 22 heavy (non-hydrogen) atoms.